The summed E-state index contributed by atoms with van der Waals surface area (Å²) in [6, 6.07) is 0.544. The van der Waals surface area contributed by atoms with Crippen molar-refractivity contribution in [3.63, 3.8) is 0 Å². The van der Waals surface area contributed by atoms with Crippen molar-refractivity contribution in [2.75, 3.05) is 18.1 Å². The summed E-state index contributed by atoms with van der Waals surface area (Å²) < 4.78 is 5.57. The van der Waals surface area contributed by atoms with Gasteiger partial charge in [0.15, 0.2) is 11.6 Å². The maximum Gasteiger partial charge on any atom is 0.180 e. The first-order valence-electron chi connectivity index (χ1n) is 4.64. The number of ether oxygens (including phenoxy) is 1. The molecule has 1 aromatic heterocycles. The average Bonchev–Trinajstić information content (AvgIpc) is 2.65. The molecule has 0 aromatic carbocycles. The number of fused-ring (bicyclic) bond motifs is 3. The van der Waals surface area contributed by atoms with Crippen LogP contribution in [0.4, 0.5) is 5.82 Å². The zero-order valence-corrected chi connectivity index (χ0v) is 7.31. The van der Waals surface area contributed by atoms with Gasteiger partial charge in [-0.25, -0.2) is 9.97 Å². The summed E-state index contributed by atoms with van der Waals surface area (Å²) in [5.74, 6) is 1.81. The zero-order chi connectivity index (χ0) is 8.67. The molecule has 1 atom stereocenters. The molecule has 4 heteroatoms. The SMILES string of the molecule is c1ncc2c(n1)N1CCCC1CO2. The van der Waals surface area contributed by atoms with Gasteiger partial charge in [-0.3, -0.25) is 0 Å². The number of hydrogen-bond donors (Lipinski definition) is 0. The van der Waals surface area contributed by atoms with Crippen LogP contribution in [0.2, 0.25) is 0 Å². The Hall–Kier alpha value is -1.32. The highest BCUT2D eigenvalue weighted by Gasteiger charge is 2.32. The third kappa shape index (κ3) is 0.978. The van der Waals surface area contributed by atoms with Crippen molar-refractivity contribution in [3.8, 4) is 5.75 Å². The van der Waals surface area contributed by atoms with E-state index >= 15 is 0 Å². The molecule has 0 radical (unpaired) electrons. The molecule has 13 heavy (non-hydrogen) atoms. The Labute approximate surface area is 76.6 Å². The Kier molecular flexibility index (Phi) is 1.41. The van der Waals surface area contributed by atoms with Gasteiger partial charge >= 0.3 is 0 Å². The normalized spacial score (nSPS) is 24.9. The van der Waals surface area contributed by atoms with Gasteiger partial charge in [-0.05, 0) is 12.8 Å². The molecule has 0 N–H and O–H groups in total. The maximum atomic E-state index is 5.57. The van der Waals surface area contributed by atoms with Crippen LogP contribution in [0.25, 0.3) is 0 Å². The molecule has 1 aromatic rings. The molecule has 4 nitrogen and oxygen atoms in total. The lowest BCUT2D eigenvalue weighted by atomic mass is 10.2. The fourth-order valence-corrected chi connectivity index (χ4v) is 2.10. The molecule has 68 valence electrons. The summed E-state index contributed by atoms with van der Waals surface area (Å²) in [7, 11) is 0. The molecule has 1 fully saturated rings. The Morgan fingerprint density at radius 2 is 2.54 bits per heavy atom. The highest BCUT2D eigenvalue weighted by atomic mass is 16.5. The summed E-state index contributed by atoms with van der Waals surface area (Å²) >= 11 is 0. The molecule has 1 unspecified atom stereocenters. The van der Waals surface area contributed by atoms with Crippen LogP contribution in [0, 0.1) is 0 Å². The quantitative estimate of drug-likeness (QED) is 0.588. The third-order valence-corrected chi connectivity index (χ3v) is 2.74. The molecule has 0 spiro atoms. The highest BCUT2D eigenvalue weighted by molar-refractivity contribution is 5.54. The first-order chi connectivity index (χ1) is 6.45. The van der Waals surface area contributed by atoms with Crippen LogP contribution in [0.15, 0.2) is 12.5 Å². The van der Waals surface area contributed by atoms with E-state index in [9.17, 15) is 0 Å². The number of anilines is 1. The van der Waals surface area contributed by atoms with Crippen molar-refractivity contribution in [1.29, 1.82) is 0 Å². The number of hydrogen-bond acceptors (Lipinski definition) is 4. The van der Waals surface area contributed by atoms with Crippen LogP contribution in [-0.4, -0.2) is 29.2 Å². The third-order valence-electron chi connectivity index (χ3n) is 2.74. The van der Waals surface area contributed by atoms with Crippen molar-refractivity contribution in [2.24, 2.45) is 0 Å². The predicted octanol–water partition coefficient (Wildman–Crippen LogP) is 0.838. The molecule has 3 heterocycles. The van der Waals surface area contributed by atoms with Crippen molar-refractivity contribution < 1.29 is 4.74 Å². The second-order valence-electron chi connectivity index (χ2n) is 3.51. The summed E-state index contributed by atoms with van der Waals surface area (Å²) in [5.41, 5.74) is 0. The van der Waals surface area contributed by atoms with Crippen LogP contribution in [0.3, 0.4) is 0 Å². The van der Waals surface area contributed by atoms with E-state index in [1.165, 1.54) is 12.8 Å². The fourth-order valence-electron chi connectivity index (χ4n) is 2.10. The Balaban J connectivity index is 2.06. The molecule has 3 rings (SSSR count). The Bertz CT molecular complexity index is 328. The van der Waals surface area contributed by atoms with Crippen LogP contribution in [-0.2, 0) is 0 Å². The van der Waals surface area contributed by atoms with Gasteiger partial charge in [0.1, 0.15) is 12.9 Å². The fraction of sp³-hybridized carbons (Fsp3) is 0.556. The lowest BCUT2D eigenvalue weighted by molar-refractivity contribution is 0.268. The van der Waals surface area contributed by atoms with Crippen molar-refractivity contribution in [1.82, 2.24) is 9.97 Å². The number of aromatic nitrogens is 2. The van der Waals surface area contributed by atoms with Crippen molar-refractivity contribution >= 4 is 5.82 Å². The molecule has 2 aliphatic heterocycles. The van der Waals surface area contributed by atoms with Crippen LogP contribution in [0.5, 0.6) is 5.75 Å². The number of nitrogens with zero attached hydrogens (tertiary/aromatic N) is 3. The van der Waals surface area contributed by atoms with E-state index in [-0.39, 0.29) is 0 Å². The first-order valence-corrected chi connectivity index (χ1v) is 4.64. The van der Waals surface area contributed by atoms with E-state index in [0.29, 0.717) is 6.04 Å². The minimum absolute atomic E-state index is 0.544. The zero-order valence-electron chi connectivity index (χ0n) is 7.31. The maximum absolute atomic E-state index is 5.57. The molecule has 0 bridgehead atoms. The van der Waals surface area contributed by atoms with Crippen LogP contribution >= 0.6 is 0 Å². The topological polar surface area (TPSA) is 38.2 Å². The van der Waals surface area contributed by atoms with Crippen molar-refractivity contribution in [3.05, 3.63) is 12.5 Å². The van der Waals surface area contributed by atoms with Gasteiger partial charge < -0.3 is 9.64 Å². The molecular formula is C9H11N3O. The number of rotatable bonds is 0. The molecule has 2 aliphatic rings. The van der Waals surface area contributed by atoms with Crippen LogP contribution in [0.1, 0.15) is 12.8 Å². The minimum atomic E-state index is 0.544. The van der Waals surface area contributed by atoms with E-state index in [4.69, 9.17) is 4.74 Å². The summed E-state index contributed by atoms with van der Waals surface area (Å²) in [4.78, 5) is 10.5. The summed E-state index contributed by atoms with van der Waals surface area (Å²) in [6.45, 7) is 1.90. The van der Waals surface area contributed by atoms with Gasteiger partial charge in [0, 0.05) is 6.54 Å². The minimum Gasteiger partial charge on any atom is -0.486 e. The molecule has 0 amide bonds. The van der Waals surface area contributed by atoms with E-state index < -0.39 is 0 Å². The molecule has 1 saturated heterocycles. The second-order valence-corrected chi connectivity index (χ2v) is 3.51. The molecule has 0 saturated carbocycles. The second kappa shape index (κ2) is 2.58. The predicted molar refractivity (Wildman–Crippen MR) is 47.9 cm³/mol. The van der Waals surface area contributed by atoms with Crippen molar-refractivity contribution in [2.45, 2.75) is 18.9 Å². The highest BCUT2D eigenvalue weighted by Crippen LogP contribution is 2.34. The first kappa shape index (κ1) is 7.12. The monoisotopic (exact) mass is 177 g/mol. The van der Waals surface area contributed by atoms with Gasteiger partial charge in [-0.2, -0.15) is 0 Å². The van der Waals surface area contributed by atoms with Gasteiger partial charge in [0.2, 0.25) is 0 Å². The van der Waals surface area contributed by atoms with Crippen LogP contribution < -0.4 is 9.64 Å². The van der Waals surface area contributed by atoms with E-state index in [1.807, 2.05) is 0 Å². The summed E-state index contributed by atoms with van der Waals surface area (Å²) in [6.07, 6.45) is 5.81. The smallest absolute Gasteiger partial charge is 0.180 e. The van der Waals surface area contributed by atoms with Gasteiger partial charge in [-0.1, -0.05) is 0 Å². The standard InChI is InChI=1S/C9H11N3O/c1-2-7-5-13-8-4-10-6-11-9(8)12(7)3-1/h4,6-7H,1-3,5H2. The van der Waals surface area contributed by atoms with Gasteiger partial charge in [0.25, 0.3) is 0 Å². The van der Waals surface area contributed by atoms with E-state index in [0.717, 1.165) is 24.7 Å². The Morgan fingerprint density at radius 1 is 1.54 bits per heavy atom. The lowest BCUT2D eigenvalue weighted by Crippen LogP contribution is -2.38. The molecular weight excluding hydrogens is 166 g/mol. The lowest BCUT2D eigenvalue weighted by Gasteiger charge is -2.31. The molecule has 0 aliphatic carbocycles. The van der Waals surface area contributed by atoms with Gasteiger partial charge in [-0.15, -0.1) is 0 Å². The summed E-state index contributed by atoms with van der Waals surface area (Å²) in [5, 5.41) is 0. The van der Waals surface area contributed by atoms with Gasteiger partial charge in [0.05, 0.1) is 12.2 Å². The Morgan fingerprint density at radius 3 is 3.54 bits per heavy atom. The van der Waals surface area contributed by atoms with E-state index in [1.54, 1.807) is 12.5 Å². The largest absolute Gasteiger partial charge is 0.486 e. The average molecular weight is 177 g/mol. The van der Waals surface area contributed by atoms with E-state index in [2.05, 4.69) is 14.9 Å².